The number of carbonyl (C=O) groups excluding carboxylic acids is 3. The van der Waals surface area contributed by atoms with Crippen LogP contribution >= 0.6 is 0 Å². The predicted octanol–water partition coefficient (Wildman–Crippen LogP) is 4.85. The summed E-state index contributed by atoms with van der Waals surface area (Å²) in [4.78, 5) is 45.2. The lowest BCUT2D eigenvalue weighted by Gasteiger charge is -2.32. The first-order chi connectivity index (χ1) is 19.4. The quantitative estimate of drug-likeness (QED) is 0.416. The van der Waals surface area contributed by atoms with Crippen molar-refractivity contribution in [1.82, 2.24) is 15.1 Å². The third-order valence-electron chi connectivity index (χ3n) is 8.04. The number of amides is 3. The van der Waals surface area contributed by atoms with Crippen molar-refractivity contribution in [2.24, 2.45) is 16.6 Å². The van der Waals surface area contributed by atoms with Gasteiger partial charge in [-0.25, -0.2) is 0 Å². The molecule has 0 radical (unpaired) electrons. The van der Waals surface area contributed by atoms with E-state index in [1.807, 2.05) is 4.90 Å². The third-order valence-corrected chi connectivity index (χ3v) is 8.04. The molecule has 0 aromatic heterocycles. The van der Waals surface area contributed by atoms with E-state index in [0.717, 1.165) is 69.3 Å². The van der Waals surface area contributed by atoms with Crippen molar-refractivity contribution >= 4 is 23.4 Å². The Hall–Kier alpha value is -3.16. The van der Waals surface area contributed by atoms with Crippen molar-refractivity contribution in [2.45, 2.75) is 99.5 Å². The summed E-state index contributed by atoms with van der Waals surface area (Å²) in [6, 6.07) is 6.49. The monoisotopic (exact) mass is 567 g/mol. The Morgan fingerprint density at radius 1 is 1.07 bits per heavy atom. The Bertz CT molecular complexity index is 1080. The number of aryl methyl sites for hydroxylation is 2. The molecular formula is C33H53N5O3. The fourth-order valence-corrected chi connectivity index (χ4v) is 5.21. The second kappa shape index (κ2) is 16.9. The number of nitrogens with two attached hydrogens (primary N) is 1. The van der Waals surface area contributed by atoms with Crippen LogP contribution in [-0.4, -0.2) is 72.0 Å². The van der Waals surface area contributed by atoms with Gasteiger partial charge in [0, 0.05) is 50.4 Å². The molecule has 1 aliphatic heterocycles. The maximum Gasteiger partial charge on any atom is 0.270 e. The zero-order chi connectivity index (χ0) is 30.5. The van der Waals surface area contributed by atoms with Crippen LogP contribution in [0.4, 0.5) is 0 Å². The molecule has 1 aromatic carbocycles. The molecule has 3 rings (SSSR count). The Balaban J connectivity index is 0.000000553. The number of aliphatic imine (C=N–C) groups is 1. The highest BCUT2D eigenvalue weighted by Gasteiger charge is 2.28. The van der Waals surface area contributed by atoms with Crippen LogP contribution in [0, 0.1) is 26.7 Å². The lowest BCUT2D eigenvalue weighted by atomic mass is 10.0. The van der Waals surface area contributed by atoms with Gasteiger partial charge in [0.05, 0.1) is 0 Å². The lowest BCUT2D eigenvalue weighted by molar-refractivity contribution is -0.130. The van der Waals surface area contributed by atoms with E-state index in [9.17, 15) is 14.4 Å². The summed E-state index contributed by atoms with van der Waals surface area (Å²) in [5.41, 5.74) is 12.3. The maximum absolute atomic E-state index is 13.0. The molecule has 0 spiro atoms. The number of benzene rings is 1. The van der Waals surface area contributed by atoms with E-state index < -0.39 is 0 Å². The number of hydrogen-bond donors (Lipinski definition) is 2. The highest BCUT2D eigenvalue weighted by atomic mass is 16.2. The molecule has 228 valence electrons. The first-order valence-corrected chi connectivity index (χ1v) is 15.3. The number of nitrogens with one attached hydrogen (secondary N) is 1. The van der Waals surface area contributed by atoms with Gasteiger partial charge in [-0.1, -0.05) is 39.0 Å². The van der Waals surface area contributed by atoms with Gasteiger partial charge in [-0.15, -0.1) is 0 Å². The number of hydrogen-bond acceptors (Lipinski definition) is 5. The summed E-state index contributed by atoms with van der Waals surface area (Å²) in [6.45, 7) is 17.1. The summed E-state index contributed by atoms with van der Waals surface area (Å²) in [7, 11) is 0. The van der Waals surface area contributed by atoms with Crippen LogP contribution in [0.5, 0.6) is 0 Å². The number of nitrogens with zero attached hydrogens (tertiary/aromatic N) is 3. The van der Waals surface area contributed by atoms with E-state index in [0.29, 0.717) is 19.0 Å². The molecule has 8 heteroatoms. The van der Waals surface area contributed by atoms with Gasteiger partial charge in [-0.2, -0.15) is 0 Å². The molecule has 2 fully saturated rings. The Kier molecular flexibility index (Phi) is 14.1. The van der Waals surface area contributed by atoms with Crippen molar-refractivity contribution in [3.63, 3.8) is 0 Å². The van der Waals surface area contributed by atoms with Crippen LogP contribution < -0.4 is 11.1 Å². The van der Waals surface area contributed by atoms with Gasteiger partial charge >= 0.3 is 0 Å². The zero-order valence-electron chi connectivity index (χ0n) is 26.5. The minimum Gasteiger partial charge on any atom is -0.394 e. The second-order valence-corrected chi connectivity index (χ2v) is 11.9. The second-order valence-electron chi connectivity index (χ2n) is 11.9. The van der Waals surface area contributed by atoms with E-state index in [1.54, 1.807) is 4.90 Å². The van der Waals surface area contributed by atoms with Gasteiger partial charge in [0.15, 0.2) is 0 Å². The van der Waals surface area contributed by atoms with E-state index in [4.69, 9.17) is 5.73 Å². The molecule has 1 saturated carbocycles. The van der Waals surface area contributed by atoms with Crippen molar-refractivity contribution < 1.29 is 14.4 Å². The van der Waals surface area contributed by atoms with Crippen molar-refractivity contribution in [3.8, 4) is 0 Å². The lowest BCUT2D eigenvalue weighted by Crippen LogP contribution is -2.47. The van der Waals surface area contributed by atoms with Crippen LogP contribution in [-0.2, 0) is 14.4 Å². The fraction of sp³-hybridized carbons (Fsp3) is 0.636. The van der Waals surface area contributed by atoms with Gasteiger partial charge in [0.2, 0.25) is 11.8 Å². The summed E-state index contributed by atoms with van der Waals surface area (Å²) in [5, 5.41) is 2.92. The Morgan fingerprint density at radius 3 is 2.24 bits per heavy atom. The standard InChI is InChI=1S/C24H41N5O3.C9H12/c1-5-12-28(13-9-17(2)3)22(31)16-26-21-8-6-7-20(21)23(25)24(32)29-14-10-19(11-15-29)27-18(4)30;1-7-5-4-6-8(2)9(7)3/h17,19H,5-16,25H2,1-4H3,(H,27,30);4-6H,1-3H3/b23-20-,26-21?;. The molecular weight excluding hydrogens is 514 g/mol. The fourth-order valence-electron chi connectivity index (χ4n) is 5.21. The molecule has 3 N–H and O–H groups in total. The summed E-state index contributed by atoms with van der Waals surface area (Å²) in [5.74, 6) is 0.384. The van der Waals surface area contributed by atoms with E-state index in [-0.39, 0.29) is 36.0 Å². The number of likely N-dealkylation sites (tertiary alicyclic amines) is 1. The molecule has 1 aliphatic carbocycles. The molecule has 0 unspecified atom stereocenters. The first kappa shape index (κ1) is 34.0. The molecule has 41 heavy (non-hydrogen) atoms. The summed E-state index contributed by atoms with van der Waals surface area (Å²) >= 11 is 0. The van der Waals surface area contributed by atoms with E-state index in [1.165, 1.54) is 23.6 Å². The number of allylic oxidation sites excluding steroid dienone is 1. The molecule has 0 bridgehead atoms. The number of piperidine rings is 1. The Morgan fingerprint density at radius 2 is 1.71 bits per heavy atom. The molecule has 8 nitrogen and oxygen atoms in total. The SMILES string of the molecule is CCCN(CCC(C)C)C(=O)CN=C1CCC/C1=C(/N)C(=O)N1CCC(NC(C)=O)CC1.Cc1cccc(C)c1C. The van der Waals surface area contributed by atoms with E-state index in [2.05, 4.69) is 70.1 Å². The molecule has 2 aliphatic rings. The van der Waals surface area contributed by atoms with Crippen LogP contribution in [0.1, 0.15) is 89.3 Å². The van der Waals surface area contributed by atoms with Crippen molar-refractivity contribution in [2.75, 3.05) is 32.7 Å². The molecule has 1 heterocycles. The van der Waals surface area contributed by atoms with Crippen molar-refractivity contribution in [3.05, 3.63) is 46.2 Å². The van der Waals surface area contributed by atoms with E-state index >= 15 is 0 Å². The van der Waals surface area contributed by atoms with Crippen LogP contribution in [0.25, 0.3) is 0 Å². The van der Waals surface area contributed by atoms with Gasteiger partial charge in [0.1, 0.15) is 12.2 Å². The highest BCUT2D eigenvalue weighted by molar-refractivity contribution is 6.09. The topological polar surface area (TPSA) is 108 Å². The zero-order valence-corrected chi connectivity index (χ0v) is 26.5. The minimum atomic E-state index is -0.160. The van der Waals surface area contributed by atoms with Gasteiger partial charge in [-0.05, 0) is 88.3 Å². The third kappa shape index (κ3) is 11.0. The molecule has 1 aromatic rings. The molecule has 3 amide bonds. The smallest absolute Gasteiger partial charge is 0.270 e. The van der Waals surface area contributed by atoms with Crippen molar-refractivity contribution in [1.29, 1.82) is 0 Å². The normalized spacial score (nSPS) is 17.8. The Labute approximate surface area is 247 Å². The van der Waals surface area contributed by atoms with Gasteiger partial charge < -0.3 is 20.9 Å². The number of carbonyl (C=O) groups is 3. The van der Waals surface area contributed by atoms with Crippen LogP contribution in [0.15, 0.2) is 34.5 Å². The predicted molar refractivity (Wildman–Crippen MR) is 168 cm³/mol. The largest absolute Gasteiger partial charge is 0.394 e. The summed E-state index contributed by atoms with van der Waals surface area (Å²) in [6.07, 6.45) is 5.73. The number of rotatable bonds is 9. The van der Waals surface area contributed by atoms with Crippen LogP contribution in [0.3, 0.4) is 0 Å². The highest BCUT2D eigenvalue weighted by Crippen LogP contribution is 2.25. The average molecular weight is 568 g/mol. The maximum atomic E-state index is 13.0. The molecule has 1 saturated heterocycles. The van der Waals surface area contributed by atoms with Crippen LogP contribution in [0.2, 0.25) is 0 Å². The van der Waals surface area contributed by atoms with Gasteiger partial charge in [-0.3, -0.25) is 19.4 Å². The average Bonchev–Trinajstić information content (AvgIpc) is 3.41. The van der Waals surface area contributed by atoms with Gasteiger partial charge in [0.25, 0.3) is 5.91 Å². The minimum absolute atomic E-state index is 0.0381. The molecule has 0 atom stereocenters. The first-order valence-electron chi connectivity index (χ1n) is 15.3. The summed E-state index contributed by atoms with van der Waals surface area (Å²) < 4.78 is 0.